The molecule has 0 unspecified atom stereocenters. The van der Waals surface area contributed by atoms with Crippen LogP contribution in [0.15, 0.2) is 83.5 Å². The van der Waals surface area contributed by atoms with Crippen molar-refractivity contribution in [3.05, 3.63) is 90.3 Å². The minimum absolute atomic E-state index is 0.269. The Kier molecular flexibility index (Phi) is 5.21. The number of carbonyl (C=O) groups excluding carboxylic acids is 1. The van der Waals surface area contributed by atoms with E-state index in [1.807, 2.05) is 30.3 Å². The molecule has 9 heteroatoms. The molecule has 8 nitrogen and oxygen atoms in total. The average Bonchev–Trinajstić information content (AvgIpc) is 3.39. The number of rotatable bonds is 6. The van der Waals surface area contributed by atoms with Crippen LogP contribution < -0.4 is 10.5 Å². The molecule has 3 N–H and O–H groups in total. The summed E-state index contributed by atoms with van der Waals surface area (Å²) >= 11 is 0. The highest BCUT2D eigenvalue weighted by molar-refractivity contribution is 7.88. The Balaban J connectivity index is 1.63. The maximum absolute atomic E-state index is 13.0. The predicted octanol–water partition coefficient (Wildman–Crippen LogP) is 3.17. The SMILES string of the molecule is NS(=O)(=O)Cc1ccc(NC(=O)c2cc(-c3ccco3)nn2-c2ccccc2)cc1. The van der Waals surface area contributed by atoms with Crippen molar-refractivity contribution < 1.29 is 17.6 Å². The van der Waals surface area contributed by atoms with Crippen molar-refractivity contribution in [1.29, 1.82) is 0 Å². The molecule has 1 amide bonds. The molecule has 0 fully saturated rings. The third kappa shape index (κ3) is 4.48. The van der Waals surface area contributed by atoms with E-state index in [0.717, 1.165) is 5.69 Å². The lowest BCUT2D eigenvalue weighted by Crippen LogP contribution is -2.17. The number of nitrogens with zero attached hydrogens (tertiary/aromatic N) is 2. The molecule has 4 rings (SSSR count). The number of furan rings is 1. The zero-order valence-corrected chi connectivity index (χ0v) is 16.5. The standard InChI is InChI=1S/C21H18N4O4S/c22-30(27,28)14-15-8-10-16(11-9-15)23-21(26)19-13-18(20-7-4-12-29-20)24-25(19)17-5-2-1-3-6-17/h1-13H,14H2,(H,23,26)(H2,22,27,28). The van der Waals surface area contributed by atoms with Gasteiger partial charge in [0.25, 0.3) is 5.91 Å². The maximum atomic E-state index is 13.0. The van der Waals surface area contributed by atoms with Gasteiger partial charge in [-0.3, -0.25) is 4.79 Å². The van der Waals surface area contributed by atoms with E-state index >= 15 is 0 Å². The fourth-order valence-corrected chi connectivity index (χ4v) is 3.62. The summed E-state index contributed by atoms with van der Waals surface area (Å²) in [4.78, 5) is 13.0. The number of hydrogen-bond acceptors (Lipinski definition) is 5. The van der Waals surface area contributed by atoms with E-state index in [9.17, 15) is 13.2 Å². The van der Waals surface area contributed by atoms with E-state index in [0.29, 0.717) is 28.4 Å². The smallest absolute Gasteiger partial charge is 0.274 e. The number of nitrogens with one attached hydrogen (secondary N) is 1. The zero-order chi connectivity index (χ0) is 21.1. The molecule has 0 saturated carbocycles. The van der Waals surface area contributed by atoms with Crippen LogP contribution in [0.3, 0.4) is 0 Å². The highest BCUT2D eigenvalue weighted by atomic mass is 32.2. The first-order valence-electron chi connectivity index (χ1n) is 8.99. The van der Waals surface area contributed by atoms with Gasteiger partial charge in [0.1, 0.15) is 11.4 Å². The summed E-state index contributed by atoms with van der Waals surface area (Å²) in [5.41, 5.74) is 2.62. The van der Waals surface area contributed by atoms with Gasteiger partial charge >= 0.3 is 0 Å². The van der Waals surface area contributed by atoms with Gasteiger partial charge in [0.15, 0.2) is 5.76 Å². The fourth-order valence-electron chi connectivity index (χ4n) is 2.97. The molecule has 0 aliphatic heterocycles. The van der Waals surface area contributed by atoms with Gasteiger partial charge in [-0.25, -0.2) is 18.2 Å². The normalized spacial score (nSPS) is 11.4. The second kappa shape index (κ2) is 7.97. The molecule has 0 aliphatic rings. The summed E-state index contributed by atoms with van der Waals surface area (Å²) in [5, 5.41) is 12.4. The van der Waals surface area contributed by atoms with Crippen molar-refractivity contribution in [3.8, 4) is 17.1 Å². The molecule has 0 spiro atoms. The van der Waals surface area contributed by atoms with Crippen LogP contribution in [0.1, 0.15) is 16.1 Å². The van der Waals surface area contributed by atoms with Gasteiger partial charge in [-0.2, -0.15) is 5.10 Å². The summed E-state index contributed by atoms with van der Waals surface area (Å²) in [7, 11) is -3.62. The first-order chi connectivity index (χ1) is 14.4. The molecule has 0 bridgehead atoms. The van der Waals surface area contributed by atoms with Crippen molar-refractivity contribution in [2.45, 2.75) is 5.75 Å². The van der Waals surface area contributed by atoms with Crippen LogP contribution in [0.25, 0.3) is 17.1 Å². The van der Waals surface area contributed by atoms with Crippen LogP contribution in [0, 0.1) is 0 Å². The predicted molar refractivity (Wildman–Crippen MR) is 112 cm³/mol. The number of hydrogen-bond donors (Lipinski definition) is 2. The first-order valence-corrected chi connectivity index (χ1v) is 10.7. The van der Waals surface area contributed by atoms with Crippen LogP contribution >= 0.6 is 0 Å². The highest BCUT2D eigenvalue weighted by Gasteiger charge is 2.19. The Morgan fingerprint density at radius 1 is 1.03 bits per heavy atom. The van der Waals surface area contributed by atoms with E-state index in [4.69, 9.17) is 9.56 Å². The van der Waals surface area contributed by atoms with Crippen molar-refractivity contribution in [2.24, 2.45) is 5.14 Å². The molecule has 2 aromatic carbocycles. The lowest BCUT2D eigenvalue weighted by molar-refractivity contribution is 0.101. The summed E-state index contributed by atoms with van der Waals surface area (Å²) < 4.78 is 29.4. The fraction of sp³-hybridized carbons (Fsp3) is 0.0476. The average molecular weight is 422 g/mol. The number of benzene rings is 2. The molecule has 2 aromatic heterocycles. The van der Waals surface area contributed by atoms with Gasteiger partial charge in [-0.05, 0) is 42.0 Å². The third-order valence-corrected chi connectivity index (χ3v) is 5.03. The third-order valence-electron chi connectivity index (χ3n) is 4.30. The van der Waals surface area contributed by atoms with E-state index in [-0.39, 0.29) is 11.7 Å². The largest absolute Gasteiger partial charge is 0.463 e. The molecular weight excluding hydrogens is 404 g/mol. The Morgan fingerprint density at radius 3 is 2.40 bits per heavy atom. The van der Waals surface area contributed by atoms with Crippen molar-refractivity contribution in [3.63, 3.8) is 0 Å². The Morgan fingerprint density at radius 2 is 1.77 bits per heavy atom. The minimum atomic E-state index is -3.62. The van der Waals surface area contributed by atoms with Crippen LogP contribution in [-0.4, -0.2) is 24.1 Å². The Hall–Kier alpha value is -3.69. The molecule has 0 saturated heterocycles. The van der Waals surface area contributed by atoms with Crippen molar-refractivity contribution >= 4 is 21.6 Å². The van der Waals surface area contributed by atoms with Gasteiger partial charge in [0.05, 0.1) is 17.7 Å². The summed E-state index contributed by atoms with van der Waals surface area (Å²) in [6.07, 6.45) is 1.54. The van der Waals surface area contributed by atoms with Gasteiger partial charge in [0, 0.05) is 11.8 Å². The Bertz CT molecular complexity index is 1260. The monoisotopic (exact) mass is 422 g/mol. The van der Waals surface area contributed by atoms with Crippen LogP contribution in [0.5, 0.6) is 0 Å². The molecule has 0 radical (unpaired) electrons. The maximum Gasteiger partial charge on any atom is 0.274 e. The lowest BCUT2D eigenvalue weighted by Gasteiger charge is -2.09. The van der Waals surface area contributed by atoms with Crippen LogP contribution in [-0.2, 0) is 15.8 Å². The zero-order valence-electron chi connectivity index (χ0n) is 15.7. The second-order valence-electron chi connectivity index (χ2n) is 6.60. The number of anilines is 1. The van der Waals surface area contributed by atoms with Crippen LogP contribution in [0.2, 0.25) is 0 Å². The van der Waals surface area contributed by atoms with E-state index in [2.05, 4.69) is 10.4 Å². The number of primary sulfonamides is 1. The number of carbonyl (C=O) groups is 1. The number of sulfonamides is 1. The van der Waals surface area contributed by atoms with Gasteiger partial charge in [0.2, 0.25) is 10.0 Å². The van der Waals surface area contributed by atoms with Gasteiger partial charge in [-0.1, -0.05) is 30.3 Å². The van der Waals surface area contributed by atoms with Crippen LogP contribution in [0.4, 0.5) is 5.69 Å². The highest BCUT2D eigenvalue weighted by Crippen LogP contribution is 2.23. The number of aromatic nitrogens is 2. The summed E-state index contributed by atoms with van der Waals surface area (Å²) in [6, 6.07) is 20.9. The van der Waals surface area contributed by atoms with Gasteiger partial charge < -0.3 is 9.73 Å². The Labute approximate surface area is 173 Å². The topological polar surface area (TPSA) is 120 Å². The number of amides is 1. The second-order valence-corrected chi connectivity index (χ2v) is 8.21. The summed E-state index contributed by atoms with van der Waals surface area (Å²) in [6.45, 7) is 0. The van der Waals surface area contributed by atoms with Crippen molar-refractivity contribution in [1.82, 2.24) is 9.78 Å². The minimum Gasteiger partial charge on any atom is -0.463 e. The van der Waals surface area contributed by atoms with Crippen molar-refractivity contribution in [2.75, 3.05) is 5.32 Å². The molecule has 0 atom stereocenters. The molecule has 152 valence electrons. The quantitative estimate of drug-likeness (QED) is 0.494. The molecular formula is C21H18N4O4S. The molecule has 4 aromatic rings. The van der Waals surface area contributed by atoms with E-state index in [1.165, 1.54) is 0 Å². The lowest BCUT2D eigenvalue weighted by atomic mass is 10.2. The molecule has 2 heterocycles. The van der Waals surface area contributed by atoms with E-state index in [1.54, 1.807) is 53.4 Å². The summed E-state index contributed by atoms with van der Waals surface area (Å²) in [5.74, 6) is -0.0939. The van der Waals surface area contributed by atoms with E-state index < -0.39 is 10.0 Å². The number of nitrogens with two attached hydrogens (primary N) is 1. The van der Waals surface area contributed by atoms with Gasteiger partial charge in [-0.15, -0.1) is 0 Å². The molecule has 30 heavy (non-hydrogen) atoms. The first kappa shape index (κ1) is 19.6. The number of para-hydroxylation sites is 1. The molecule has 0 aliphatic carbocycles.